The van der Waals surface area contributed by atoms with Gasteiger partial charge in [0, 0.05) is 21.8 Å². The van der Waals surface area contributed by atoms with Gasteiger partial charge in [-0.15, -0.1) is 11.8 Å². The van der Waals surface area contributed by atoms with Gasteiger partial charge in [-0.2, -0.15) is 0 Å². The van der Waals surface area contributed by atoms with Crippen molar-refractivity contribution in [3.05, 3.63) is 89.2 Å². The zero-order valence-corrected chi connectivity index (χ0v) is 17.5. The van der Waals surface area contributed by atoms with Crippen LogP contribution in [0, 0.1) is 0 Å². The van der Waals surface area contributed by atoms with Crippen molar-refractivity contribution in [3.63, 3.8) is 0 Å². The van der Waals surface area contributed by atoms with Crippen LogP contribution in [0.3, 0.4) is 0 Å². The fourth-order valence-corrected chi connectivity index (χ4v) is 3.49. The summed E-state index contributed by atoms with van der Waals surface area (Å²) in [6.45, 7) is 8.26. The summed E-state index contributed by atoms with van der Waals surface area (Å²) in [6.07, 6.45) is 9.20. The van der Waals surface area contributed by atoms with Crippen molar-refractivity contribution < 1.29 is 0 Å². The molecule has 144 valence electrons. The standard InChI is InChI=1S/C24H27N3S/c1-5-17-9-14-21(25)19(15-17)7-6-8-22-23(16(2)3)27-24(26-22)18-10-12-20(28-4)13-11-18/h6-15,23H,2,5,25H2,1,3-4H3,(H,26,27)/b7-6+,22-8-. The Hall–Kier alpha value is -2.72. The molecular formula is C24H27N3S. The Morgan fingerprint density at radius 1 is 1.25 bits per heavy atom. The van der Waals surface area contributed by atoms with Crippen LogP contribution in [0.2, 0.25) is 0 Å². The lowest BCUT2D eigenvalue weighted by atomic mass is 10.1. The van der Waals surface area contributed by atoms with E-state index in [1.54, 1.807) is 11.8 Å². The van der Waals surface area contributed by atoms with Crippen LogP contribution in [0.25, 0.3) is 6.08 Å². The van der Waals surface area contributed by atoms with Crippen molar-refractivity contribution in [2.24, 2.45) is 4.99 Å². The molecular weight excluding hydrogens is 362 g/mol. The number of benzene rings is 2. The zero-order valence-electron chi connectivity index (χ0n) is 16.7. The Morgan fingerprint density at radius 3 is 2.64 bits per heavy atom. The predicted octanol–water partition coefficient (Wildman–Crippen LogP) is 5.44. The normalized spacial score (nSPS) is 17.8. The molecule has 28 heavy (non-hydrogen) atoms. The molecule has 2 aromatic carbocycles. The number of aryl methyl sites for hydroxylation is 1. The van der Waals surface area contributed by atoms with E-state index in [2.05, 4.69) is 67.5 Å². The molecule has 1 unspecified atom stereocenters. The molecule has 0 spiro atoms. The van der Waals surface area contributed by atoms with E-state index in [0.29, 0.717) is 0 Å². The van der Waals surface area contributed by atoms with E-state index in [9.17, 15) is 0 Å². The zero-order chi connectivity index (χ0) is 20.1. The molecule has 0 radical (unpaired) electrons. The first-order chi connectivity index (χ1) is 13.5. The van der Waals surface area contributed by atoms with Gasteiger partial charge in [0.05, 0.1) is 0 Å². The highest BCUT2D eigenvalue weighted by atomic mass is 32.2. The maximum absolute atomic E-state index is 6.11. The molecule has 3 nitrogen and oxygen atoms in total. The van der Waals surface area contributed by atoms with Gasteiger partial charge in [0.1, 0.15) is 11.9 Å². The van der Waals surface area contributed by atoms with Crippen molar-refractivity contribution in [2.75, 3.05) is 12.0 Å². The van der Waals surface area contributed by atoms with Crippen LogP contribution in [0.4, 0.5) is 5.69 Å². The van der Waals surface area contributed by atoms with Crippen molar-refractivity contribution in [2.45, 2.75) is 31.2 Å². The predicted molar refractivity (Wildman–Crippen MR) is 124 cm³/mol. The van der Waals surface area contributed by atoms with Crippen LogP contribution in [-0.4, -0.2) is 18.1 Å². The Kier molecular flexibility index (Phi) is 6.42. The maximum Gasteiger partial charge on any atom is 0.133 e. The highest BCUT2D eigenvalue weighted by Crippen LogP contribution is 2.23. The van der Waals surface area contributed by atoms with Crippen LogP contribution in [0.5, 0.6) is 0 Å². The van der Waals surface area contributed by atoms with Crippen LogP contribution >= 0.6 is 11.8 Å². The number of allylic oxidation sites excluding steroid dienone is 2. The lowest BCUT2D eigenvalue weighted by Crippen LogP contribution is -2.20. The molecule has 3 N–H and O–H groups in total. The summed E-state index contributed by atoms with van der Waals surface area (Å²) in [6, 6.07) is 14.6. The summed E-state index contributed by atoms with van der Waals surface area (Å²) < 4.78 is 0. The minimum absolute atomic E-state index is 0.0563. The van der Waals surface area contributed by atoms with Gasteiger partial charge in [-0.25, -0.2) is 0 Å². The van der Waals surface area contributed by atoms with Crippen molar-refractivity contribution in [1.82, 2.24) is 5.32 Å². The topological polar surface area (TPSA) is 50.4 Å². The molecule has 0 saturated carbocycles. The number of hydrogen-bond acceptors (Lipinski definition) is 4. The molecule has 0 fully saturated rings. The highest BCUT2D eigenvalue weighted by Gasteiger charge is 2.23. The van der Waals surface area contributed by atoms with Gasteiger partial charge >= 0.3 is 0 Å². The van der Waals surface area contributed by atoms with Gasteiger partial charge < -0.3 is 11.1 Å². The van der Waals surface area contributed by atoms with Crippen LogP contribution in [0.15, 0.2) is 82.4 Å². The van der Waals surface area contributed by atoms with E-state index in [1.165, 1.54) is 10.5 Å². The van der Waals surface area contributed by atoms with Crippen molar-refractivity contribution in [3.8, 4) is 0 Å². The summed E-state index contributed by atoms with van der Waals surface area (Å²) in [5, 5.41) is 3.46. The second-order valence-corrected chi connectivity index (χ2v) is 7.76. The van der Waals surface area contributed by atoms with E-state index in [0.717, 1.165) is 40.3 Å². The summed E-state index contributed by atoms with van der Waals surface area (Å²) in [5.41, 5.74) is 12.3. The number of nitrogens with two attached hydrogens (primary N) is 1. The number of hydrogen-bond donors (Lipinski definition) is 2. The third-order valence-corrected chi connectivity index (χ3v) is 5.50. The van der Waals surface area contributed by atoms with Crippen LogP contribution in [-0.2, 0) is 6.42 Å². The van der Waals surface area contributed by atoms with Crippen LogP contribution in [0.1, 0.15) is 30.5 Å². The number of nitrogens with zero attached hydrogens (tertiary/aromatic N) is 1. The molecule has 0 saturated heterocycles. The van der Waals surface area contributed by atoms with Gasteiger partial charge in [0.15, 0.2) is 0 Å². The SMILES string of the molecule is C=C(C)C1N=C(c2ccc(SC)cc2)N/C1=C\C=C\c1cc(CC)ccc1N. The molecule has 1 aliphatic rings. The molecule has 1 aliphatic heterocycles. The molecule has 3 rings (SSSR count). The quantitative estimate of drug-likeness (QED) is 0.393. The summed E-state index contributed by atoms with van der Waals surface area (Å²) >= 11 is 1.73. The minimum Gasteiger partial charge on any atom is -0.398 e. The van der Waals surface area contributed by atoms with Gasteiger partial charge in [-0.3, -0.25) is 4.99 Å². The molecule has 1 heterocycles. The molecule has 2 aromatic rings. The van der Waals surface area contributed by atoms with E-state index >= 15 is 0 Å². The number of thioether (sulfide) groups is 1. The van der Waals surface area contributed by atoms with Gasteiger partial charge in [0.25, 0.3) is 0 Å². The van der Waals surface area contributed by atoms with Gasteiger partial charge in [-0.05, 0) is 61.1 Å². The number of rotatable bonds is 6. The first-order valence-corrected chi connectivity index (χ1v) is 10.7. The third kappa shape index (κ3) is 4.57. The minimum atomic E-state index is -0.0563. The molecule has 0 bridgehead atoms. The number of anilines is 1. The number of aliphatic imine (C=N–C) groups is 1. The third-order valence-electron chi connectivity index (χ3n) is 4.76. The lowest BCUT2D eigenvalue weighted by molar-refractivity contribution is 0.899. The largest absolute Gasteiger partial charge is 0.398 e. The van der Waals surface area contributed by atoms with E-state index in [-0.39, 0.29) is 6.04 Å². The number of nitrogens with one attached hydrogen (secondary N) is 1. The van der Waals surface area contributed by atoms with Crippen LogP contribution < -0.4 is 11.1 Å². The van der Waals surface area contributed by atoms with Gasteiger partial charge in [-0.1, -0.05) is 49.4 Å². The molecule has 0 aromatic heterocycles. The second kappa shape index (κ2) is 8.98. The first kappa shape index (κ1) is 20.0. The summed E-state index contributed by atoms with van der Waals surface area (Å²) in [5.74, 6) is 0.882. The summed E-state index contributed by atoms with van der Waals surface area (Å²) in [4.78, 5) is 6.08. The first-order valence-electron chi connectivity index (χ1n) is 9.43. The van der Waals surface area contributed by atoms with Crippen molar-refractivity contribution >= 4 is 29.4 Å². The fraction of sp³-hybridized carbons (Fsp3) is 0.208. The smallest absolute Gasteiger partial charge is 0.133 e. The van der Waals surface area contributed by atoms with Gasteiger partial charge in [0.2, 0.25) is 0 Å². The fourth-order valence-electron chi connectivity index (χ4n) is 3.08. The number of nitrogen functional groups attached to an aromatic ring is 1. The molecule has 0 amide bonds. The second-order valence-electron chi connectivity index (χ2n) is 6.88. The van der Waals surface area contributed by atoms with E-state index in [1.807, 2.05) is 25.1 Å². The van der Waals surface area contributed by atoms with Crippen molar-refractivity contribution in [1.29, 1.82) is 0 Å². The Balaban J connectivity index is 1.82. The Labute approximate surface area is 172 Å². The molecule has 0 aliphatic carbocycles. The molecule has 1 atom stereocenters. The average Bonchev–Trinajstić information content (AvgIpc) is 3.14. The molecule has 4 heteroatoms. The maximum atomic E-state index is 6.11. The van der Waals surface area contributed by atoms with E-state index < -0.39 is 0 Å². The lowest BCUT2D eigenvalue weighted by Gasteiger charge is -2.08. The Morgan fingerprint density at radius 2 is 2.00 bits per heavy atom. The highest BCUT2D eigenvalue weighted by molar-refractivity contribution is 7.98. The summed E-state index contributed by atoms with van der Waals surface area (Å²) in [7, 11) is 0. The average molecular weight is 390 g/mol. The Bertz CT molecular complexity index is 952. The van der Waals surface area contributed by atoms with E-state index in [4.69, 9.17) is 10.7 Å². The monoisotopic (exact) mass is 389 g/mol. The number of amidine groups is 1.